The lowest BCUT2D eigenvalue weighted by Crippen LogP contribution is -2.27. The van der Waals surface area contributed by atoms with Gasteiger partial charge in [0, 0.05) is 36.4 Å². The van der Waals surface area contributed by atoms with E-state index in [-0.39, 0.29) is 0 Å². The van der Waals surface area contributed by atoms with Crippen LogP contribution in [0.2, 0.25) is 0 Å². The molecule has 0 radical (unpaired) electrons. The molecule has 0 aliphatic rings. The van der Waals surface area contributed by atoms with E-state index in [1.54, 1.807) is 18.6 Å². The molecule has 0 bridgehead atoms. The molecule has 26 heavy (non-hydrogen) atoms. The van der Waals surface area contributed by atoms with Crippen LogP contribution in [0.1, 0.15) is 5.56 Å². The standard InChI is InChI=1S/C20H20N4OS/c1-2-12-25-19-5-3-4-17(13-19)23-20(26)22-14-16-6-8-18(9-7-16)24-11-10-21-15-24/h2-11,13,15H,1,12,14H2,(H2,22,23,26). The van der Waals surface area contributed by atoms with Crippen molar-refractivity contribution in [3.63, 3.8) is 0 Å². The van der Waals surface area contributed by atoms with Crippen molar-refractivity contribution in [3.05, 3.63) is 85.5 Å². The molecule has 0 spiro atoms. The summed E-state index contributed by atoms with van der Waals surface area (Å²) in [6.45, 7) is 4.76. The highest BCUT2D eigenvalue weighted by Crippen LogP contribution is 2.17. The molecular formula is C20H20N4OS. The van der Waals surface area contributed by atoms with E-state index in [4.69, 9.17) is 17.0 Å². The Morgan fingerprint density at radius 3 is 2.81 bits per heavy atom. The van der Waals surface area contributed by atoms with Gasteiger partial charge in [0.15, 0.2) is 5.11 Å². The lowest BCUT2D eigenvalue weighted by atomic mass is 10.2. The molecule has 0 unspecified atom stereocenters. The molecule has 0 amide bonds. The van der Waals surface area contributed by atoms with E-state index in [2.05, 4.69) is 46.5 Å². The Morgan fingerprint density at radius 2 is 2.08 bits per heavy atom. The van der Waals surface area contributed by atoms with Crippen molar-refractivity contribution in [2.75, 3.05) is 11.9 Å². The number of imidazole rings is 1. The maximum atomic E-state index is 5.52. The van der Waals surface area contributed by atoms with E-state index >= 15 is 0 Å². The van der Waals surface area contributed by atoms with Gasteiger partial charge in [0.2, 0.25) is 0 Å². The second-order valence-electron chi connectivity index (χ2n) is 5.57. The zero-order valence-electron chi connectivity index (χ0n) is 14.3. The Hall–Kier alpha value is -3.12. The Bertz CT molecular complexity index is 860. The molecule has 2 N–H and O–H groups in total. The molecule has 6 heteroatoms. The van der Waals surface area contributed by atoms with Crippen LogP contribution in [0.5, 0.6) is 5.75 Å². The molecule has 0 aliphatic heterocycles. The molecule has 1 heterocycles. The first-order valence-electron chi connectivity index (χ1n) is 8.20. The highest BCUT2D eigenvalue weighted by atomic mass is 32.1. The number of nitrogens with one attached hydrogen (secondary N) is 2. The van der Waals surface area contributed by atoms with Crippen molar-refractivity contribution < 1.29 is 4.74 Å². The number of thiocarbonyl (C=S) groups is 1. The molecule has 0 atom stereocenters. The summed E-state index contributed by atoms with van der Waals surface area (Å²) in [6.07, 6.45) is 7.17. The van der Waals surface area contributed by atoms with Crippen LogP contribution in [0, 0.1) is 0 Å². The third-order valence-corrected chi connectivity index (χ3v) is 3.90. The highest BCUT2D eigenvalue weighted by molar-refractivity contribution is 7.80. The first kappa shape index (κ1) is 17.7. The van der Waals surface area contributed by atoms with Crippen molar-refractivity contribution in [1.29, 1.82) is 0 Å². The van der Waals surface area contributed by atoms with Crippen LogP contribution in [0.25, 0.3) is 5.69 Å². The van der Waals surface area contributed by atoms with E-state index in [0.29, 0.717) is 18.3 Å². The fourth-order valence-corrected chi connectivity index (χ4v) is 2.56. The van der Waals surface area contributed by atoms with Gasteiger partial charge in [-0.1, -0.05) is 30.9 Å². The van der Waals surface area contributed by atoms with Crippen LogP contribution in [0.3, 0.4) is 0 Å². The first-order chi connectivity index (χ1) is 12.7. The van der Waals surface area contributed by atoms with Gasteiger partial charge in [-0.3, -0.25) is 0 Å². The lowest BCUT2D eigenvalue weighted by molar-refractivity contribution is 0.363. The van der Waals surface area contributed by atoms with Gasteiger partial charge in [0.05, 0.1) is 6.33 Å². The summed E-state index contributed by atoms with van der Waals surface area (Å²) in [5.74, 6) is 0.771. The molecule has 0 saturated carbocycles. The molecular weight excluding hydrogens is 344 g/mol. The maximum Gasteiger partial charge on any atom is 0.171 e. The van der Waals surface area contributed by atoms with Crippen LogP contribution in [-0.2, 0) is 6.54 Å². The number of ether oxygens (including phenoxy) is 1. The molecule has 5 nitrogen and oxygen atoms in total. The minimum Gasteiger partial charge on any atom is -0.489 e. The van der Waals surface area contributed by atoms with Crippen molar-refractivity contribution in [1.82, 2.24) is 14.9 Å². The summed E-state index contributed by atoms with van der Waals surface area (Å²) in [6, 6.07) is 15.9. The van der Waals surface area contributed by atoms with Gasteiger partial charge in [-0.25, -0.2) is 4.98 Å². The fraction of sp³-hybridized carbons (Fsp3) is 0.100. The summed E-state index contributed by atoms with van der Waals surface area (Å²) in [7, 11) is 0. The number of benzene rings is 2. The number of nitrogens with zero attached hydrogens (tertiary/aromatic N) is 2. The number of anilines is 1. The van der Waals surface area contributed by atoms with Gasteiger partial charge in [0.1, 0.15) is 12.4 Å². The highest BCUT2D eigenvalue weighted by Gasteiger charge is 2.01. The number of aromatic nitrogens is 2. The van der Waals surface area contributed by atoms with Gasteiger partial charge in [0.25, 0.3) is 0 Å². The van der Waals surface area contributed by atoms with Crippen LogP contribution < -0.4 is 15.4 Å². The van der Waals surface area contributed by atoms with Crippen LogP contribution in [0.15, 0.2) is 79.9 Å². The van der Waals surface area contributed by atoms with E-state index < -0.39 is 0 Å². The smallest absolute Gasteiger partial charge is 0.171 e. The Morgan fingerprint density at radius 1 is 1.23 bits per heavy atom. The summed E-state index contributed by atoms with van der Waals surface area (Å²) < 4.78 is 7.48. The molecule has 132 valence electrons. The molecule has 0 aliphatic carbocycles. The van der Waals surface area contributed by atoms with Crippen LogP contribution >= 0.6 is 12.2 Å². The zero-order valence-corrected chi connectivity index (χ0v) is 15.1. The quantitative estimate of drug-likeness (QED) is 0.491. The molecule has 3 aromatic rings. The second-order valence-corrected chi connectivity index (χ2v) is 5.98. The SMILES string of the molecule is C=CCOc1cccc(NC(=S)NCc2ccc(-n3ccnc3)cc2)c1. The molecule has 2 aromatic carbocycles. The van der Waals surface area contributed by atoms with E-state index in [9.17, 15) is 0 Å². The van der Waals surface area contributed by atoms with Gasteiger partial charge in [-0.05, 0) is 42.0 Å². The minimum atomic E-state index is 0.473. The molecule has 3 rings (SSSR count). The summed E-state index contributed by atoms with van der Waals surface area (Å²) >= 11 is 5.37. The largest absolute Gasteiger partial charge is 0.489 e. The number of hydrogen-bond acceptors (Lipinski definition) is 3. The number of hydrogen-bond donors (Lipinski definition) is 2. The Kier molecular flexibility index (Phi) is 6.01. The van der Waals surface area contributed by atoms with E-state index in [1.165, 1.54) is 0 Å². The summed E-state index contributed by atoms with van der Waals surface area (Å²) in [5, 5.41) is 6.93. The molecule has 0 saturated heterocycles. The predicted molar refractivity (Wildman–Crippen MR) is 109 cm³/mol. The van der Waals surface area contributed by atoms with Gasteiger partial charge < -0.3 is 19.9 Å². The monoisotopic (exact) mass is 364 g/mol. The Balaban J connectivity index is 1.51. The predicted octanol–water partition coefficient (Wildman–Crippen LogP) is 3.92. The van der Waals surface area contributed by atoms with Gasteiger partial charge in [-0.15, -0.1) is 0 Å². The zero-order chi connectivity index (χ0) is 18.2. The normalized spacial score (nSPS) is 10.2. The van der Waals surface area contributed by atoms with Crippen molar-refractivity contribution in [3.8, 4) is 11.4 Å². The molecule has 1 aromatic heterocycles. The fourth-order valence-electron chi connectivity index (χ4n) is 2.37. The van der Waals surface area contributed by atoms with Crippen molar-refractivity contribution in [2.24, 2.45) is 0 Å². The minimum absolute atomic E-state index is 0.473. The van der Waals surface area contributed by atoms with Crippen LogP contribution in [0.4, 0.5) is 5.69 Å². The van der Waals surface area contributed by atoms with Crippen molar-refractivity contribution in [2.45, 2.75) is 6.54 Å². The topological polar surface area (TPSA) is 51.1 Å². The third kappa shape index (κ3) is 4.94. The summed E-state index contributed by atoms with van der Waals surface area (Å²) in [4.78, 5) is 4.05. The average Bonchev–Trinajstić information content (AvgIpc) is 3.20. The number of rotatable bonds is 7. The van der Waals surface area contributed by atoms with E-state index in [0.717, 1.165) is 22.7 Å². The van der Waals surface area contributed by atoms with E-state index in [1.807, 2.05) is 35.0 Å². The van der Waals surface area contributed by atoms with Crippen molar-refractivity contribution >= 4 is 23.0 Å². The Labute approximate surface area is 158 Å². The average molecular weight is 364 g/mol. The first-order valence-corrected chi connectivity index (χ1v) is 8.61. The summed E-state index contributed by atoms with van der Waals surface area (Å²) in [5.41, 5.74) is 3.09. The van der Waals surface area contributed by atoms with Crippen LogP contribution in [-0.4, -0.2) is 21.3 Å². The third-order valence-electron chi connectivity index (χ3n) is 3.65. The lowest BCUT2D eigenvalue weighted by Gasteiger charge is -2.12. The van der Waals surface area contributed by atoms with Gasteiger partial charge >= 0.3 is 0 Å². The van der Waals surface area contributed by atoms with Gasteiger partial charge in [-0.2, -0.15) is 0 Å². The second kappa shape index (κ2) is 8.82. The molecule has 0 fully saturated rings. The maximum absolute atomic E-state index is 5.52.